The molecule has 6 heteroatoms. The number of hydrogen-bond donors (Lipinski definition) is 1. The Morgan fingerprint density at radius 2 is 1.77 bits per heavy atom. The molecule has 0 atom stereocenters. The Balaban J connectivity index is 1.33. The van der Waals surface area contributed by atoms with Crippen LogP contribution in [0.4, 0.5) is 10.1 Å². The largest absolute Gasteiger partial charge is 0.484 e. The van der Waals surface area contributed by atoms with Gasteiger partial charge in [0.15, 0.2) is 6.61 Å². The zero-order chi connectivity index (χ0) is 20.9. The van der Waals surface area contributed by atoms with Gasteiger partial charge in [0.05, 0.1) is 0 Å². The number of hydrogen-bond acceptors (Lipinski definition) is 3. The first kappa shape index (κ1) is 19.6. The van der Waals surface area contributed by atoms with Crippen molar-refractivity contribution in [2.24, 2.45) is 0 Å². The second-order valence-corrected chi connectivity index (χ2v) is 7.06. The Morgan fingerprint density at radius 3 is 2.53 bits per heavy atom. The third kappa shape index (κ3) is 4.49. The second-order valence-electron chi connectivity index (χ2n) is 7.06. The lowest BCUT2D eigenvalue weighted by atomic mass is 10.1. The topological polar surface area (TPSA) is 58.6 Å². The summed E-state index contributed by atoms with van der Waals surface area (Å²) in [6.45, 7) is 0.867. The monoisotopic (exact) mass is 404 g/mol. The summed E-state index contributed by atoms with van der Waals surface area (Å²) in [6.07, 6.45) is 0.781. The number of nitrogens with zero attached hydrogens (tertiary/aromatic N) is 1. The second kappa shape index (κ2) is 8.78. The molecule has 0 saturated carbocycles. The first-order valence-corrected chi connectivity index (χ1v) is 9.74. The average Bonchev–Trinajstić information content (AvgIpc) is 3.20. The third-order valence-electron chi connectivity index (χ3n) is 4.98. The van der Waals surface area contributed by atoms with Crippen molar-refractivity contribution in [2.45, 2.75) is 13.0 Å². The number of fused-ring (bicyclic) bond motifs is 1. The molecule has 0 aromatic heterocycles. The van der Waals surface area contributed by atoms with E-state index < -0.39 is 0 Å². The van der Waals surface area contributed by atoms with Gasteiger partial charge in [0.25, 0.3) is 11.8 Å². The number of halogens is 1. The molecule has 3 aromatic rings. The minimum absolute atomic E-state index is 0.00616. The van der Waals surface area contributed by atoms with Crippen molar-refractivity contribution < 1.29 is 18.7 Å². The quantitative estimate of drug-likeness (QED) is 0.681. The van der Waals surface area contributed by atoms with Crippen LogP contribution in [0.2, 0.25) is 0 Å². The van der Waals surface area contributed by atoms with E-state index in [0.29, 0.717) is 24.4 Å². The minimum Gasteiger partial charge on any atom is -0.484 e. The highest BCUT2D eigenvalue weighted by Gasteiger charge is 2.25. The van der Waals surface area contributed by atoms with Crippen molar-refractivity contribution in [1.82, 2.24) is 5.32 Å². The molecule has 0 spiro atoms. The number of carbonyl (C=O) groups excluding carboxylic acids is 2. The van der Waals surface area contributed by atoms with Crippen molar-refractivity contribution in [3.63, 3.8) is 0 Å². The smallest absolute Gasteiger partial charge is 0.258 e. The highest BCUT2D eigenvalue weighted by molar-refractivity contribution is 6.07. The summed E-state index contributed by atoms with van der Waals surface area (Å²) in [4.78, 5) is 26.6. The van der Waals surface area contributed by atoms with Crippen LogP contribution in [0.15, 0.2) is 72.8 Å². The molecule has 30 heavy (non-hydrogen) atoms. The van der Waals surface area contributed by atoms with Gasteiger partial charge in [0, 0.05) is 24.3 Å². The molecule has 0 saturated heterocycles. The molecule has 1 aliphatic heterocycles. The number of anilines is 1. The third-order valence-corrected chi connectivity index (χ3v) is 4.98. The summed E-state index contributed by atoms with van der Waals surface area (Å²) >= 11 is 0. The first-order chi connectivity index (χ1) is 14.6. The predicted octanol–water partition coefficient (Wildman–Crippen LogP) is 3.72. The Kier molecular flexibility index (Phi) is 5.75. The summed E-state index contributed by atoms with van der Waals surface area (Å²) in [5.74, 6) is -0.186. The van der Waals surface area contributed by atoms with Gasteiger partial charge in [-0.15, -0.1) is 0 Å². The summed E-state index contributed by atoms with van der Waals surface area (Å²) in [5, 5.41) is 2.81. The van der Waals surface area contributed by atoms with E-state index in [-0.39, 0.29) is 24.2 Å². The van der Waals surface area contributed by atoms with Gasteiger partial charge in [-0.2, -0.15) is 0 Å². The lowest BCUT2D eigenvalue weighted by Gasteiger charge is -2.17. The van der Waals surface area contributed by atoms with E-state index >= 15 is 0 Å². The van der Waals surface area contributed by atoms with Crippen molar-refractivity contribution in [1.29, 1.82) is 0 Å². The fourth-order valence-corrected chi connectivity index (χ4v) is 3.44. The van der Waals surface area contributed by atoms with Gasteiger partial charge in [-0.3, -0.25) is 9.59 Å². The number of ether oxygens (including phenoxy) is 1. The van der Waals surface area contributed by atoms with Crippen LogP contribution in [0.5, 0.6) is 5.75 Å². The highest BCUT2D eigenvalue weighted by Crippen LogP contribution is 2.30. The van der Waals surface area contributed by atoms with E-state index in [9.17, 15) is 14.0 Å². The van der Waals surface area contributed by atoms with Gasteiger partial charge in [0.2, 0.25) is 0 Å². The molecule has 1 aliphatic rings. The molecule has 0 fully saturated rings. The van der Waals surface area contributed by atoms with Crippen LogP contribution in [-0.4, -0.2) is 25.0 Å². The van der Waals surface area contributed by atoms with E-state index in [2.05, 4.69) is 5.32 Å². The maximum Gasteiger partial charge on any atom is 0.258 e. The number of benzene rings is 3. The van der Waals surface area contributed by atoms with Crippen molar-refractivity contribution >= 4 is 17.5 Å². The summed E-state index contributed by atoms with van der Waals surface area (Å²) in [6, 6.07) is 20.6. The molecular formula is C24H21FN2O3. The van der Waals surface area contributed by atoms with Crippen LogP contribution in [0, 0.1) is 5.82 Å². The van der Waals surface area contributed by atoms with Crippen molar-refractivity contribution in [3.8, 4) is 5.75 Å². The Bertz CT molecular complexity index is 1050. The zero-order valence-electron chi connectivity index (χ0n) is 16.3. The summed E-state index contributed by atoms with van der Waals surface area (Å²) in [5.41, 5.74) is 3.63. The Labute approximate surface area is 174 Å². The molecule has 2 amide bonds. The molecule has 0 unspecified atom stereocenters. The summed E-state index contributed by atoms with van der Waals surface area (Å²) in [7, 11) is 0. The number of carbonyl (C=O) groups is 2. The Morgan fingerprint density at radius 1 is 1.00 bits per heavy atom. The SMILES string of the molecule is O=C(COc1ccc(F)cc1)NCc1ccc2c(c1)CCN2C(=O)c1ccccc1. The van der Waals surface area contributed by atoms with Crippen LogP contribution in [0.1, 0.15) is 21.5 Å². The fourth-order valence-electron chi connectivity index (χ4n) is 3.44. The molecule has 4 rings (SSSR count). The molecule has 5 nitrogen and oxygen atoms in total. The van der Waals surface area contributed by atoms with Gasteiger partial charge >= 0.3 is 0 Å². The molecule has 0 bridgehead atoms. The van der Waals surface area contributed by atoms with Gasteiger partial charge in [-0.1, -0.05) is 30.3 Å². The van der Waals surface area contributed by atoms with E-state index in [1.54, 1.807) is 4.90 Å². The van der Waals surface area contributed by atoms with Crippen LogP contribution >= 0.6 is 0 Å². The molecule has 152 valence electrons. The van der Waals surface area contributed by atoms with Crippen LogP contribution in [-0.2, 0) is 17.8 Å². The van der Waals surface area contributed by atoms with Gasteiger partial charge in [0.1, 0.15) is 11.6 Å². The molecule has 3 aromatic carbocycles. The fraction of sp³-hybridized carbons (Fsp3) is 0.167. The molecule has 1 heterocycles. The van der Waals surface area contributed by atoms with E-state index in [4.69, 9.17) is 4.74 Å². The predicted molar refractivity (Wildman–Crippen MR) is 112 cm³/mol. The number of amides is 2. The number of rotatable bonds is 6. The van der Waals surface area contributed by atoms with E-state index in [0.717, 1.165) is 23.2 Å². The highest BCUT2D eigenvalue weighted by atomic mass is 19.1. The summed E-state index contributed by atoms with van der Waals surface area (Å²) < 4.78 is 18.2. The van der Waals surface area contributed by atoms with E-state index in [1.807, 2.05) is 48.5 Å². The number of nitrogens with one attached hydrogen (secondary N) is 1. The average molecular weight is 404 g/mol. The Hall–Kier alpha value is -3.67. The van der Waals surface area contributed by atoms with Crippen LogP contribution in [0.3, 0.4) is 0 Å². The molecule has 0 aliphatic carbocycles. The lowest BCUT2D eigenvalue weighted by Crippen LogP contribution is -2.29. The van der Waals surface area contributed by atoms with Gasteiger partial charge in [-0.05, 0) is 60.0 Å². The maximum absolute atomic E-state index is 12.9. The molecular weight excluding hydrogens is 383 g/mol. The molecule has 0 radical (unpaired) electrons. The van der Waals surface area contributed by atoms with E-state index in [1.165, 1.54) is 24.3 Å². The lowest BCUT2D eigenvalue weighted by molar-refractivity contribution is -0.123. The zero-order valence-corrected chi connectivity index (χ0v) is 16.3. The van der Waals surface area contributed by atoms with Crippen LogP contribution < -0.4 is 15.0 Å². The van der Waals surface area contributed by atoms with Crippen molar-refractivity contribution in [3.05, 3.63) is 95.3 Å². The maximum atomic E-state index is 12.9. The first-order valence-electron chi connectivity index (χ1n) is 9.74. The minimum atomic E-state index is -0.354. The van der Waals surface area contributed by atoms with Gasteiger partial charge < -0.3 is 15.0 Å². The van der Waals surface area contributed by atoms with Crippen molar-refractivity contribution in [2.75, 3.05) is 18.1 Å². The van der Waals surface area contributed by atoms with Crippen LogP contribution in [0.25, 0.3) is 0 Å². The molecule has 1 N–H and O–H groups in total. The van der Waals surface area contributed by atoms with Gasteiger partial charge in [-0.25, -0.2) is 4.39 Å². The standard InChI is InChI=1S/C24H21FN2O3/c25-20-7-9-21(10-8-20)30-16-23(28)26-15-17-6-11-22-19(14-17)12-13-27(22)24(29)18-4-2-1-3-5-18/h1-11,14H,12-13,15-16H2,(H,26,28). The normalized spacial score (nSPS) is 12.4.